The number of hydrogen-bond donors (Lipinski definition) is 1. The standard InChI is InChI=1S/C37H44N2O7/c1-37(15-6-16-37)22-39-34(40)32-25-9-10-26(17-25)33(32)46-36(42)29-19-30(27(20-38)18-31(29)43-2)45-28-13-11-24(12-14-28)35(41)44-21-23-7-4-3-5-8-23/h3-5,7-8,18-19,24-26,28,32-33H,6,9-17,21-22H2,1-2H3,(H,39,40)/t24?,25-,26+,28?,32+,33-/m1/s1. The predicted octanol–water partition coefficient (Wildman–Crippen LogP) is 6.13. The van der Waals surface area contributed by atoms with Crippen LogP contribution in [0.15, 0.2) is 42.5 Å². The van der Waals surface area contributed by atoms with Crippen LogP contribution in [0.2, 0.25) is 0 Å². The van der Waals surface area contributed by atoms with E-state index in [4.69, 9.17) is 18.9 Å². The highest BCUT2D eigenvalue weighted by Crippen LogP contribution is 2.50. The first kappa shape index (κ1) is 31.9. The highest BCUT2D eigenvalue weighted by Gasteiger charge is 2.53. The van der Waals surface area contributed by atoms with Crippen LogP contribution in [0.25, 0.3) is 0 Å². The van der Waals surface area contributed by atoms with Crippen molar-refractivity contribution in [2.45, 2.75) is 89.9 Å². The van der Waals surface area contributed by atoms with Gasteiger partial charge in [-0.05, 0) is 86.7 Å². The Bertz CT molecular complexity index is 1470. The van der Waals surface area contributed by atoms with Gasteiger partial charge >= 0.3 is 11.9 Å². The molecule has 0 unspecified atom stereocenters. The van der Waals surface area contributed by atoms with Crippen molar-refractivity contribution in [1.29, 1.82) is 5.26 Å². The molecule has 4 saturated carbocycles. The Morgan fingerprint density at radius 2 is 1.72 bits per heavy atom. The minimum atomic E-state index is -0.586. The Kier molecular flexibility index (Phi) is 9.53. The Balaban J connectivity index is 1.09. The quantitative estimate of drug-likeness (QED) is 0.295. The lowest BCUT2D eigenvalue weighted by molar-refractivity contribution is -0.151. The van der Waals surface area contributed by atoms with E-state index in [-0.39, 0.29) is 76.3 Å². The number of esters is 2. The number of amides is 1. The van der Waals surface area contributed by atoms with E-state index >= 15 is 0 Å². The Hall–Kier alpha value is -4.06. The maximum Gasteiger partial charge on any atom is 0.342 e. The van der Waals surface area contributed by atoms with Crippen LogP contribution in [-0.2, 0) is 25.7 Å². The molecule has 0 radical (unpaired) electrons. The van der Waals surface area contributed by atoms with E-state index < -0.39 is 12.1 Å². The monoisotopic (exact) mass is 628 g/mol. The first-order valence-electron chi connectivity index (χ1n) is 16.7. The normalized spacial score (nSPS) is 27.5. The lowest BCUT2D eigenvalue weighted by atomic mass is 9.70. The highest BCUT2D eigenvalue weighted by molar-refractivity contribution is 5.94. The lowest BCUT2D eigenvalue weighted by Gasteiger charge is -2.39. The number of rotatable bonds is 11. The minimum absolute atomic E-state index is 0.0199. The number of nitriles is 1. The summed E-state index contributed by atoms with van der Waals surface area (Å²) in [5.74, 6) is -0.513. The van der Waals surface area contributed by atoms with Gasteiger partial charge < -0.3 is 24.3 Å². The van der Waals surface area contributed by atoms with E-state index in [0.29, 0.717) is 32.2 Å². The average Bonchev–Trinajstić information content (AvgIpc) is 3.68. The Labute approximate surface area is 270 Å². The number of benzene rings is 2. The third kappa shape index (κ3) is 6.86. The van der Waals surface area contributed by atoms with Crippen molar-refractivity contribution < 1.29 is 33.3 Å². The molecule has 2 aromatic rings. The molecule has 46 heavy (non-hydrogen) atoms. The first-order chi connectivity index (χ1) is 22.3. The maximum atomic E-state index is 13.7. The molecule has 0 saturated heterocycles. The molecule has 6 rings (SSSR count). The molecule has 1 N–H and O–H groups in total. The molecule has 4 aliphatic rings. The number of ether oxygens (including phenoxy) is 4. The SMILES string of the molecule is COc1cc(C#N)c(OC2CCC(C(=O)OCc3ccccc3)CC2)cc1C(=O)O[C@@H]1[C@H]2CC[C@H](C2)[C@@H]1C(=O)NCC1(C)CCC1. The average molecular weight is 629 g/mol. The van der Waals surface area contributed by atoms with E-state index in [1.54, 1.807) is 0 Å². The summed E-state index contributed by atoms with van der Waals surface area (Å²) in [6, 6.07) is 14.8. The van der Waals surface area contributed by atoms with Crippen molar-refractivity contribution in [3.8, 4) is 17.6 Å². The Morgan fingerprint density at radius 1 is 0.978 bits per heavy atom. The molecule has 0 heterocycles. The summed E-state index contributed by atoms with van der Waals surface area (Å²) < 4.78 is 23.5. The highest BCUT2D eigenvalue weighted by atomic mass is 16.5. The van der Waals surface area contributed by atoms with Crippen LogP contribution in [0.3, 0.4) is 0 Å². The molecule has 0 spiro atoms. The number of carbonyl (C=O) groups is 3. The van der Waals surface area contributed by atoms with Gasteiger partial charge in [-0.15, -0.1) is 0 Å². The summed E-state index contributed by atoms with van der Waals surface area (Å²) >= 11 is 0. The summed E-state index contributed by atoms with van der Waals surface area (Å²) in [4.78, 5) is 39.8. The van der Waals surface area contributed by atoms with Gasteiger partial charge in [-0.25, -0.2) is 4.79 Å². The van der Waals surface area contributed by atoms with Crippen molar-refractivity contribution in [3.63, 3.8) is 0 Å². The fraction of sp³-hybridized carbons (Fsp3) is 0.568. The third-order valence-corrected chi connectivity index (χ3v) is 10.8. The number of nitrogens with zero attached hydrogens (tertiary/aromatic N) is 1. The van der Waals surface area contributed by atoms with Crippen LogP contribution in [0.4, 0.5) is 0 Å². The topological polar surface area (TPSA) is 124 Å². The van der Waals surface area contributed by atoms with Crippen LogP contribution in [0.5, 0.6) is 11.5 Å². The van der Waals surface area contributed by atoms with Crippen molar-refractivity contribution >= 4 is 17.8 Å². The summed E-state index contributed by atoms with van der Waals surface area (Å²) in [5.41, 5.74) is 1.53. The van der Waals surface area contributed by atoms with Gasteiger partial charge in [-0.2, -0.15) is 5.26 Å². The van der Waals surface area contributed by atoms with E-state index in [1.807, 2.05) is 30.3 Å². The summed E-state index contributed by atoms with van der Waals surface area (Å²) in [5, 5.41) is 13.1. The van der Waals surface area contributed by atoms with Crippen molar-refractivity contribution in [2.24, 2.45) is 29.1 Å². The molecule has 1 amide bonds. The molecular formula is C37H44N2O7. The number of carbonyl (C=O) groups excluding carboxylic acids is 3. The Morgan fingerprint density at radius 3 is 2.39 bits per heavy atom. The van der Waals surface area contributed by atoms with Crippen LogP contribution < -0.4 is 14.8 Å². The smallest absolute Gasteiger partial charge is 0.342 e. The van der Waals surface area contributed by atoms with Gasteiger partial charge in [0.2, 0.25) is 5.91 Å². The van der Waals surface area contributed by atoms with Crippen molar-refractivity contribution in [2.75, 3.05) is 13.7 Å². The first-order valence-corrected chi connectivity index (χ1v) is 16.7. The molecule has 2 aromatic carbocycles. The zero-order chi connectivity index (χ0) is 32.3. The molecule has 0 aliphatic heterocycles. The molecule has 0 aromatic heterocycles. The molecule has 244 valence electrons. The van der Waals surface area contributed by atoms with Crippen LogP contribution in [0.1, 0.15) is 92.6 Å². The van der Waals surface area contributed by atoms with Gasteiger partial charge in [0, 0.05) is 12.6 Å². The van der Waals surface area contributed by atoms with Gasteiger partial charge in [0.05, 0.1) is 30.6 Å². The molecule has 9 nitrogen and oxygen atoms in total. The van der Waals surface area contributed by atoms with E-state index in [0.717, 1.165) is 37.7 Å². The summed E-state index contributed by atoms with van der Waals surface area (Å²) in [6.07, 6.45) is 7.95. The zero-order valence-electron chi connectivity index (χ0n) is 26.8. The summed E-state index contributed by atoms with van der Waals surface area (Å²) in [6.45, 7) is 3.11. The molecule has 2 bridgehead atoms. The number of nitrogens with one attached hydrogen (secondary N) is 1. The van der Waals surface area contributed by atoms with Crippen molar-refractivity contribution in [3.05, 3.63) is 59.2 Å². The second-order valence-electron chi connectivity index (χ2n) is 14.0. The number of hydrogen-bond acceptors (Lipinski definition) is 8. The fourth-order valence-corrected chi connectivity index (χ4v) is 7.85. The zero-order valence-corrected chi connectivity index (χ0v) is 26.8. The van der Waals surface area contributed by atoms with Crippen molar-refractivity contribution in [1.82, 2.24) is 5.32 Å². The third-order valence-electron chi connectivity index (χ3n) is 10.8. The van der Waals surface area contributed by atoms with Crippen LogP contribution >= 0.6 is 0 Å². The maximum absolute atomic E-state index is 13.7. The predicted molar refractivity (Wildman–Crippen MR) is 169 cm³/mol. The number of methoxy groups -OCH3 is 1. The second kappa shape index (κ2) is 13.7. The summed E-state index contributed by atoms with van der Waals surface area (Å²) in [7, 11) is 1.45. The van der Waals surface area contributed by atoms with Gasteiger partial charge in [0.1, 0.15) is 35.8 Å². The van der Waals surface area contributed by atoms with Gasteiger partial charge in [0.25, 0.3) is 0 Å². The van der Waals surface area contributed by atoms with Gasteiger partial charge in [-0.3, -0.25) is 9.59 Å². The fourth-order valence-electron chi connectivity index (χ4n) is 7.85. The van der Waals surface area contributed by atoms with E-state index in [2.05, 4.69) is 18.3 Å². The van der Waals surface area contributed by atoms with E-state index in [1.165, 1.54) is 25.7 Å². The lowest BCUT2D eigenvalue weighted by Crippen LogP contribution is -2.47. The van der Waals surface area contributed by atoms with Gasteiger partial charge in [-0.1, -0.05) is 43.7 Å². The van der Waals surface area contributed by atoms with E-state index in [9.17, 15) is 19.6 Å². The van der Waals surface area contributed by atoms with Gasteiger partial charge in [0.15, 0.2) is 0 Å². The molecular weight excluding hydrogens is 584 g/mol. The largest absolute Gasteiger partial charge is 0.496 e. The number of fused-ring (bicyclic) bond motifs is 2. The van der Waals surface area contributed by atoms with Crippen LogP contribution in [0, 0.1) is 40.4 Å². The molecule has 4 aliphatic carbocycles. The molecule has 4 fully saturated rings. The molecule has 4 atom stereocenters. The minimum Gasteiger partial charge on any atom is -0.496 e. The second-order valence-corrected chi connectivity index (χ2v) is 14.0. The van der Waals surface area contributed by atoms with Crippen LogP contribution in [-0.4, -0.2) is 43.7 Å². The molecule has 9 heteroatoms.